The quantitative estimate of drug-likeness (QED) is 0.859. The van der Waals surface area contributed by atoms with Gasteiger partial charge in [-0.3, -0.25) is 9.69 Å². The van der Waals surface area contributed by atoms with Crippen LogP contribution in [0.3, 0.4) is 0 Å². The molecule has 0 saturated carbocycles. The highest BCUT2D eigenvalue weighted by molar-refractivity contribution is 5.94. The standard InChI is InChI=1S/C24H31N3O/c1-17-6-7-21(14-18(17)2)24(28)25-16-23(27-11-4-5-12-27)19-8-9-22-20(15-19)10-13-26(22)3/h6-9,14-15,23H,4-5,10-13,16H2,1-3H3,(H,25,28)/t23-/m1/s1. The number of carbonyl (C=O) groups excluding carboxylic acids is 1. The molecule has 0 bridgehead atoms. The number of nitrogens with zero attached hydrogens (tertiary/aromatic N) is 2. The monoisotopic (exact) mass is 377 g/mol. The zero-order valence-electron chi connectivity index (χ0n) is 17.3. The average Bonchev–Trinajstić information content (AvgIpc) is 3.34. The van der Waals surface area contributed by atoms with Gasteiger partial charge in [-0.05, 0) is 86.7 Å². The smallest absolute Gasteiger partial charge is 0.251 e. The van der Waals surface area contributed by atoms with Crippen LogP contribution in [-0.2, 0) is 6.42 Å². The maximum Gasteiger partial charge on any atom is 0.251 e. The van der Waals surface area contributed by atoms with Gasteiger partial charge in [-0.15, -0.1) is 0 Å². The summed E-state index contributed by atoms with van der Waals surface area (Å²) in [7, 11) is 2.16. The molecule has 4 heteroatoms. The van der Waals surface area contributed by atoms with Gasteiger partial charge in [0.05, 0.1) is 6.04 Å². The number of hydrogen-bond donors (Lipinski definition) is 1. The lowest BCUT2D eigenvalue weighted by atomic mass is 10.0. The van der Waals surface area contributed by atoms with Crippen LogP contribution in [0.2, 0.25) is 0 Å². The molecule has 0 unspecified atom stereocenters. The van der Waals surface area contributed by atoms with Gasteiger partial charge in [0.1, 0.15) is 0 Å². The summed E-state index contributed by atoms with van der Waals surface area (Å²) in [5.74, 6) is 0.0215. The molecule has 4 rings (SSSR count). The summed E-state index contributed by atoms with van der Waals surface area (Å²) >= 11 is 0. The predicted molar refractivity (Wildman–Crippen MR) is 115 cm³/mol. The molecule has 148 valence electrons. The second-order valence-electron chi connectivity index (χ2n) is 8.33. The van der Waals surface area contributed by atoms with Crippen molar-refractivity contribution < 1.29 is 4.79 Å². The van der Waals surface area contributed by atoms with E-state index in [1.807, 2.05) is 18.2 Å². The summed E-state index contributed by atoms with van der Waals surface area (Å²) in [4.78, 5) is 17.6. The van der Waals surface area contributed by atoms with Gasteiger partial charge in [0.15, 0.2) is 0 Å². The fourth-order valence-corrected chi connectivity index (χ4v) is 4.48. The lowest BCUT2D eigenvalue weighted by molar-refractivity contribution is 0.0938. The van der Waals surface area contributed by atoms with Crippen LogP contribution in [0, 0.1) is 13.8 Å². The van der Waals surface area contributed by atoms with Gasteiger partial charge in [0, 0.05) is 31.4 Å². The van der Waals surface area contributed by atoms with Crippen LogP contribution >= 0.6 is 0 Å². The van der Waals surface area contributed by atoms with Crippen molar-refractivity contribution in [3.8, 4) is 0 Å². The number of benzene rings is 2. The molecule has 0 aromatic heterocycles. The molecule has 2 aromatic carbocycles. The topological polar surface area (TPSA) is 35.6 Å². The summed E-state index contributed by atoms with van der Waals surface area (Å²) in [6, 6.07) is 13.1. The molecule has 2 heterocycles. The molecule has 2 aliphatic heterocycles. The zero-order valence-corrected chi connectivity index (χ0v) is 17.3. The van der Waals surface area contributed by atoms with E-state index in [0.29, 0.717) is 6.54 Å². The maximum absolute atomic E-state index is 12.8. The molecule has 28 heavy (non-hydrogen) atoms. The Hall–Kier alpha value is -2.33. The molecule has 1 N–H and O–H groups in total. The number of rotatable bonds is 5. The number of likely N-dealkylation sites (N-methyl/N-ethyl adjacent to an activating group) is 1. The van der Waals surface area contributed by atoms with Gasteiger partial charge in [-0.25, -0.2) is 0 Å². The Labute approximate surface area is 168 Å². The van der Waals surface area contributed by atoms with Crippen molar-refractivity contribution in [1.29, 1.82) is 0 Å². The summed E-state index contributed by atoms with van der Waals surface area (Å²) in [5.41, 5.74) is 7.24. The van der Waals surface area contributed by atoms with Crippen molar-refractivity contribution in [3.63, 3.8) is 0 Å². The van der Waals surface area contributed by atoms with Gasteiger partial charge in [0.2, 0.25) is 0 Å². The van der Waals surface area contributed by atoms with Crippen LogP contribution in [0.15, 0.2) is 36.4 Å². The number of nitrogens with one attached hydrogen (secondary N) is 1. The van der Waals surface area contributed by atoms with E-state index >= 15 is 0 Å². The van der Waals surface area contributed by atoms with E-state index in [4.69, 9.17) is 0 Å². The summed E-state index contributed by atoms with van der Waals surface area (Å²) in [6.07, 6.45) is 3.60. The van der Waals surface area contributed by atoms with Crippen molar-refractivity contribution in [2.75, 3.05) is 38.1 Å². The first-order valence-electron chi connectivity index (χ1n) is 10.5. The zero-order chi connectivity index (χ0) is 19.7. The van der Waals surface area contributed by atoms with Crippen LogP contribution < -0.4 is 10.2 Å². The molecule has 0 radical (unpaired) electrons. The molecule has 0 spiro atoms. The molecule has 1 fully saturated rings. The molecule has 2 aliphatic rings. The average molecular weight is 378 g/mol. The molecule has 1 saturated heterocycles. The molecular weight excluding hydrogens is 346 g/mol. The van der Waals surface area contributed by atoms with Crippen LogP contribution in [0.5, 0.6) is 0 Å². The van der Waals surface area contributed by atoms with E-state index in [-0.39, 0.29) is 11.9 Å². The minimum absolute atomic E-state index is 0.0215. The Kier molecular flexibility index (Phi) is 5.40. The third-order valence-corrected chi connectivity index (χ3v) is 6.42. The van der Waals surface area contributed by atoms with Crippen molar-refractivity contribution >= 4 is 11.6 Å². The normalized spacial score (nSPS) is 17.6. The van der Waals surface area contributed by atoms with Gasteiger partial charge in [-0.1, -0.05) is 18.2 Å². The lowest BCUT2D eigenvalue weighted by Crippen LogP contribution is -2.36. The first-order valence-corrected chi connectivity index (χ1v) is 10.5. The summed E-state index contributed by atoms with van der Waals surface area (Å²) in [6.45, 7) is 8.10. The van der Waals surface area contributed by atoms with Crippen LogP contribution in [-0.4, -0.2) is 44.0 Å². The van der Waals surface area contributed by atoms with Crippen molar-refractivity contribution in [3.05, 3.63) is 64.2 Å². The minimum Gasteiger partial charge on any atom is -0.374 e. The Balaban J connectivity index is 1.52. The Bertz CT molecular complexity index is 870. The minimum atomic E-state index is 0.0215. The third kappa shape index (κ3) is 3.79. The number of carbonyl (C=O) groups is 1. The van der Waals surface area contributed by atoms with E-state index in [1.165, 1.54) is 35.2 Å². The van der Waals surface area contributed by atoms with Crippen molar-refractivity contribution in [2.45, 2.75) is 39.2 Å². The molecule has 1 atom stereocenters. The van der Waals surface area contributed by atoms with E-state index in [2.05, 4.69) is 54.2 Å². The number of hydrogen-bond acceptors (Lipinski definition) is 3. The highest BCUT2D eigenvalue weighted by atomic mass is 16.1. The fraction of sp³-hybridized carbons (Fsp3) is 0.458. The number of amides is 1. The number of fused-ring (bicyclic) bond motifs is 1. The second-order valence-corrected chi connectivity index (χ2v) is 8.33. The van der Waals surface area contributed by atoms with E-state index in [1.54, 1.807) is 0 Å². The fourth-order valence-electron chi connectivity index (χ4n) is 4.48. The highest BCUT2D eigenvalue weighted by Crippen LogP contribution is 2.32. The van der Waals surface area contributed by atoms with E-state index in [9.17, 15) is 4.79 Å². The first kappa shape index (κ1) is 19.0. The number of anilines is 1. The number of likely N-dealkylation sites (tertiary alicyclic amines) is 1. The SMILES string of the molecule is Cc1ccc(C(=O)NC[C@H](c2ccc3c(c2)CCN3C)N2CCCC2)cc1C. The lowest BCUT2D eigenvalue weighted by Gasteiger charge is -2.29. The summed E-state index contributed by atoms with van der Waals surface area (Å²) in [5, 5.41) is 3.21. The highest BCUT2D eigenvalue weighted by Gasteiger charge is 2.26. The molecule has 1 amide bonds. The van der Waals surface area contributed by atoms with Gasteiger partial charge < -0.3 is 10.2 Å². The molecule has 2 aromatic rings. The van der Waals surface area contributed by atoms with Gasteiger partial charge in [0.25, 0.3) is 5.91 Å². The van der Waals surface area contributed by atoms with Crippen LogP contribution in [0.25, 0.3) is 0 Å². The maximum atomic E-state index is 12.8. The first-order chi connectivity index (χ1) is 13.5. The number of aryl methyl sites for hydroxylation is 2. The van der Waals surface area contributed by atoms with Crippen LogP contribution in [0.4, 0.5) is 5.69 Å². The van der Waals surface area contributed by atoms with Crippen molar-refractivity contribution in [2.24, 2.45) is 0 Å². The molecule has 0 aliphatic carbocycles. The van der Waals surface area contributed by atoms with Gasteiger partial charge in [-0.2, -0.15) is 0 Å². The summed E-state index contributed by atoms with van der Waals surface area (Å²) < 4.78 is 0. The largest absolute Gasteiger partial charge is 0.374 e. The molecular formula is C24H31N3O. The Morgan fingerprint density at radius 3 is 2.57 bits per heavy atom. The predicted octanol–water partition coefficient (Wildman–Crippen LogP) is 3.86. The van der Waals surface area contributed by atoms with Gasteiger partial charge >= 0.3 is 0 Å². The van der Waals surface area contributed by atoms with E-state index in [0.717, 1.165) is 37.2 Å². The van der Waals surface area contributed by atoms with Crippen LogP contribution in [0.1, 0.15) is 51.5 Å². The third-order valence-electron chi connectivity index (χ3n) is 6.42. The second kappa shape index (κ2) is 7.96. The Morgan fingerprint density at radius 2 is 1.82 bits per heavy atom. The van der Waals surface area contributed by atoms with Crippen molar-refractivity contribution in [1.82, 2.24) is 10.2 Å². The Morgan fingerprint density at radius 1 is 1.04 bits per heavy atom. The van der Waals surface area contributed by atoms with E-state index < -0.39 is 0 Å². The molecule has 4 nitrogen and oxygen atoms in total.